The van der Waals surface area contributed by atoms with Crippen LogP contribution in [0.3, 0.4) is 0 Å². The van der Waals surface area contributed by atoms with Gasteiger partial charge in [0.05, 0.1) is 5.69 Å². The molecule has 2 nitrogen and oxygen atoms in total. The summed E-state index contributed by atoms with van der Waals surface area (Å²) in [5.41, 5.74) is 2.37. The SMILES string of the molecule is CCc1cc(Br)cc2c1OCCN2. The minimum atomic E-state index is 0.766. The number of benzene rings is 1. The van der Waals surface area contributed by atoms with Crippen molar-refractivity contribution in [2.24, 2.45) is 0 Å². The van der Waals surface area contributed by atoms with Gasteiger partial charge in [0.1, 0.15) is 12.4 Å². The largest absolute Gasteiger partial charge is 0.489 e. The zero-order valence-corrected chi connectivity index (χ0v) is 9.15. The second kappa shape index (κ2) is 3.58. The molecule has 0 unspecified atom stereocenters. The van der Waals surface area contributed by atoms with E-state index in [2.05, 4.69) is 40.3 Å². The molecule has 0 aliphatic carbocycles. The molecule has 1 aliphatic heterocycles. The van der Waals surface area contributed by atoms with Crippen LogP contribution >= 0.6 is 15.9 Å². The third-order valence-electron chi connectivity index (χ3n) is 2.18. The first-order valence-electron chi connectivity index (χ1n) is 4.50. The summed E-state index contributed by atoms with van der Waals surface area (Å²) in [7, 11) is 0. The van der Waals surface area contributed by atoms with E-state index in [9.17, 15) is 0 Å². The van der Waals surface area contributed by atoms with E-state index in [1.165, 1.54) is 5.56 Å². The first-order valence-corrected chi connectivity index (χ1v) is 5.29. The number of ether oxygens (including phenoxy) is 1. The lowest BCUT2D eigenvalue weighted by Crippen LogP contribution is -2.19. The molecule has 0 atom stereocenters. The zero-order chi connectivity index (χ0) is 9.26. The molecule has 13 heavy (non-hydrogen) atoms. The van der Waals surface area contributed by atoms with E-state index in [0.717, 1.165) is 35.5 Å². The molecule has 0 amide bonds. The highest BCUT2D eigenvalue weighted by atomic mass is 79.9. The summed E-state index contributed by atoms with van der Waals surface area (Å²) in [6.45, 7) is 3.80. The topological polar surface area (TPSA) is 21.3 Å². The smallest absolute Gasteiger partial charge is 0.145 e. The van der Waals surface area contributed by atoms with Gasteiger partial charge in [-0.1, -0.05) is 22.9 Å². The van der Waals surface area contributed by atoms with E-state index < -0.39 is 0 Å². The molecule has 70 valence electrons. The Balaban J connectivity index is 2.50. The van der Waals surface area contributed by atoms with Crippen molar-refractivity contribution in [3.05, 3.63) is 22.2 Å². The summed E-state index contributed by atoms with van der Waals surface area (Å²) in [6, 6.07) is 4.18. The molecule has 1 heterocycles. The van der Waals surface area contributed by atoms with Gasteiger partial charge >= 0.3 is 0 Å². The van der Waals surface area contributed by atoms with Gasteiger partial charge in [0.15, 0.2) is 0 Å². The van der Waals surface area contributed by atoms with E-state index in [1.807, 2.05) is 0 Å². The average molecular weight is 242 g/mol. The Kier molecular flexibility index (Phi) is 2.44. The molecule has 0 fully saturated rings. The van der Waals surface area contributed by atoms with E-state index >= 15 is 0 Å². The number of hydrogen-bond acceptors (Lipinski definition) is 2. The Morgan fingerprint density at radius 1 is 1.54 bits per heavy atom. The summed E-state index contributed by atoms with van der Waals surface area (Å²) < 4.78 is 6.73. The normalized spacial score (nSPS) is 14.3. The van der Waals surface area contributed by atoms with Crippen LogP contribution in [0.4, 0.5) is 5.69 Å². The number of halogens is 1. The van der Waals surface area contributed by atoms with Crippen LogP contribution in [0.15, 0.2) is 16.6 Å². The molecule has 0 spiro atoms. The second-order valence-corrected chi connectivity index (χ2v) is 3.99. The van der Waals surface area contributed by atoms with Gasteiger partial charge in [-0.25, -0.2) is 0 Å². The van der Waals surface area contributed by atoms with Crippen LogP contribution in [0.2, 0.25) is 0 Å². The molecule has 0 radical (unpaired) electrons. The van der Waals surface area contributed by atoms with Crippen LogP contribution in [0, 0.1) is 0 Å². The molecular formula is C10H12BrNO. The van der Waals surface area contributed by atoms with Crippen molar-refractivity contribution in [2.75, 3.05) is 18.5 Å². The van der Waals surface area contributed by atoms with Crippen molar-refractivity contribution in [3.63, 3.8) is 0 Å². The number of hydrogen-bond donors (Lipinski definition) is 1. The first-order chi connectivity index (χ1) is 6.31. The van der Waals surface area contributed by atoms with Crippen LogP contribution in [-0.4, -0.2) is 13.2 Å². The quantitative estimate of drug-likeness (QED) is 0.817. The van der Waals surface area contributed by atoms with Gasteiger partial charge in [-0.3, -0.25) is 0 Å². The fraction of sp³-hybridized carbons (Fsp3) is 0.400. The molecule has 1 N–H and O–H groups in total. The number of rotatable bonds is 1. The molecule has 2 rings (SSSR count). The lowest BCUT2D eigenvalue weighted by atomic mass is 10.1. The fourth-order valence-electron chi connectivity index (χ4n) is 1.55. The van der Waals surface area contributed by atoms with E-state index in [-0.39, 0.29) is 0 Å². The van der Waals surface area contributed by atoms with Crippen molar-refractivity contribution in [2.45, 2.75) is 13.3 Å². The van der Waals surface area contributed by atoms with Crippen LogP contribution < -0.4 is 10.1 Å². The average Bonchev–Trinajstić information content (AvgIpc) is 2.16. The van der Waals surface area contributed by atoms with Crippen LogP contribution in [0.1, 0.15) is 12.5 Å². The van der Waals surface area contributed by atoms with Crippen molar-refractivity contribution >= 4 is 21.6 Å². The molecule has 0 aromatic heterocycles. The Bertz CT molecular complexity index is 308. The van der Waals surface area contributed by atoms with Crippen molar-refractivity contribution < 1.29 is 4.74 Å². The van der Waals surface area contributed by atoms with Gasteiger partial charge in [0.2, 0.25) is 0 Å². The minimum Gasteiger partial charge on any atom is -0.489 e. The highest BCUT2D eigenvalue weighted by molar-refractivity contribution is 9.10. The summed E-state index contributed by atoms with van der Waals surface area (Å²) >= 11 is 3.49. The lowest BCUT2D eigenvalue weighted by molar-refractivity contribution is 0.320. The predicted octanol–water partition coefficient (Wildman–Crippen LogP) is 2.82. The Morgan fingerprint density at radius 3 is 3.15 bits per heavy atom. The third-order valence-corrected chi connectivity index (χ3v) is 2.63. The van der Waals surface area contributed by atoms with E-state index in [0.29, 0.717) is 0 Å². The third kappa shape index (κ3) is 1.66. The fourth-order valence-corrected chi connectivity index (χ4v) is 2.06. The van der Waals surface area contributed by atoms with Crippen LogP contribution in [0.25, 0.3) is 0 Å². The maximum atomic E-state index is 5.62. The van der Waals surface area contributed by atoms with E-state index in [1.54, 1.807) is 0 Å². The summed E-state index contributed by atoms with van der Waals surface area (Å²) in [5, 5.41) is 3.32. The first kappa shape index (κ1) is 8.88. The molecule has 1 aromatic carbocycles. The summed E-state index contributed by atoms with van der Waals surface area (Å²) in [6.07, 6.45) is 1.00. The lowest BCUT2D eigenvalue weighted by Gasteiger charge is -2.21. The van der Waals surface area contributed by atoms with Crippen molar-refractivity contribution in [1.82, 2.24) is 0 Å². The summed E-state index contributed by atoms with van der Waals surface area (Å²) in [4.78, 5) is 0. The molecule has 0 bridgehead atoms. The van der Waals surface area contributed by atoms with Gasteiger partial charge in [0, 0.05) is 11.0 Å². The molecule has 0 saturated heterocycles. The summed E-state index contributed by atoms with van der Waals surface area (Å²) in [5.74, 6) is 1.02. The van der Waals surface area contributed by atoms with Gasteiger partial charge in [-0.05, 0) is 24.1 Å². The van der Waals surface area contributed by atoms with E-state index in [4.69, 9.17) is 4.74 Å². The molecular weight excluding hydrogens is 230 g/mol. The van der Waals surface area contributed by atoms with Gasteiger partial charge in [-0.2, -0.15) is 0 Å². The van der Waals surface area contributed by atoms with Gasteiger partial charge in [-0.15, -0.1) is 0 Å². The maximum Gasteiger partial charge on any atom is 0.145 e. The number of fused-ring (bicyclic) bond motifs is 1. The molecule has 0 saturated carbocycles. The van der Waals surface area contributed by atoms with Crippen LogP contribution in [-0.2, 0) is 6.42 Å². The Hall–Kier alpha value is -0.700. The predicted molar refractivity (Wildman–Crippen MR) is 57.5 cm³/mol. The zero-order valence-electron chi connectivity index (χ0n) is 7.56. The van der Waals surface area contributed by atoms with Crippen molar-refractivity contribution in [3.8, 4) is 5.75 Å². The number of aryl methyl sites for hydroxylation is 1. The highest BCUT2D eigenvalue weighted by Crippen LogP contribution is 2.34. The molecule has 1 aliphatic rings. The molecule has 1 aromatic rings. The number of nitrogens with one attached hydrogen (secondary N) is 1. The maximum absolute atomic E-state index is 5.62. The molecule has 3 heteroatoms. The van der Waals surface area contributed by atoms with Gasteiger partial charge in [0.25, 0.3) is 0 Å². The monoisotopic (exact) mass is 241 g/mol. The minimum absolute atomic E-state index is 0.766. The van der Waals surface area contributed by atoms with Crippen molar-refractivity contribution in [1.29, 1.82) is 0 Å². The Morgan fingerprint density at radius 2 is 2.38 bits per heavy atom. The standard InChI is InChI=1S/C10H12BrNO/c1-2-7-5-8(11)6-9-10(7)13-4-3-12-9/h5-6,12H,2-4H2,1H3. The van der Waals surface area contributed by atoms with Crippen LogP contribution in [0.5, 0.6) is 5.75 Å². The second-order valence-electron chi connectivity index (χ2n) is 3.07. The van der Waals surface area contributed by atoms with Gasteiger partial charge < -0.3 is 10.1 Å². The Labute approximate surface area is 86.4 Å². The number of anilines is 1. The highest BCUT2D eigenvalue weighted by Gasteiger charge is 2.13.